The van der Waals surface area contributed by atoms with E-state index in [0.29, 0.717) is 28.1 Å². The van der Waals surface area contributed by atoms with Gasteiger partial charge >= 0.3 is 0 Å². The van der Waals surface area contributed by atoms with Gasteiger partial charge in [-0.25, -0.2) is 4.98 Å². The average Bonchev–Trinajstić information content (AvgIpc) is 2.30. The Kier molecular flexibility index (Phi) is 3.26. The quantitative estimate of drug-likeness (QED) is 0.459. The summed E-state index contributed by atoms with van der Waals surface area (Å²) in [7, 11) is 1.90. The Morgan fingerprint density at radius 3 is 3.00 bits per heavy atom. The normalized spacial score (nSPS) is 10.8. The van der Waals surface area contributed by atoms with Crippen molar-refractivity contribution < 1.29 is 4.85 Å². The smallest absolute Gasteiger partial charge is 0.270 e. The van der Waals surface area contributed by atoms with Gasteiger partial charge in [-0.2, -0.15) is 0 Å². The first-order chi connectivity index (χ1) is 7.81. The third-order valence-corrected chi connectivity index (χ3v) is 2.37. The molecule has 0 spiro atoms. The summed E-state index contributed by atoms with van der Waals surface area (Å²) in [5, 5.41) is 18.5. The van der Waals surface area contributed by atoms with Crippen molar-refractivity contribution >= 4 is 11.0 Å². The summed E-state index contributed by atoms with van der Waals surface area (Å²) in [4.78, 5) is 5.00. The van der Waals surface area contributed by atoms with Crippen molar-refractivity contribution in [2.45, 2.75) is 12.8 Å². The van der Waals surface area contributed by atoms with Crippen LogP contribution >= 0.6 is 0 Å². The van der Waals surface area contributed by atoms with Gasteiger partial charge < -0.3 is 10.5 Å². The molecule has 1 heterocycles. The number of fused-ring (bicyclic) bond motifs is 1. The monoisotopic (exact) mass is 218 g/mol. The lowest BCUT2D eigenvalue weighted by Gasteiger charge is -2.02. The Morgan fingerprint density at radius 1 is 1.38 bits per heavy atom. The van der Waals surface area contributed by atoms with Crippen molar-refractivity contribution in [1.82, 2.24) is 15.4 Å². The third kappa shape index (κ3) is 2.25. The van der Waals surface area contributed by atoms with Crippen LogP contribution in [0, 0.1) is 5.21 Å². The first kappa shape index (κ1) is 10.8. The molecule has 0 bridgehead atoms. The number of aryl methyl sites for hydroxylation is 1. The maximum atomic E-state index is 11.6. The van der Waals surface area contributed by atoms with Gasteiger partial charge in [0.05, 0.1) is 0 Å². The van der Waals surface area contributed by atoms with E-state index in [1.54, 1.807) is 12.1 Å². The van der Waals surface area contributed by atoms with E-state index in [4.69, 9.17) is 0 Å². The molecule has 5 nitrogen and oxygen atoms in total. The molecule has 0 fully saturated rings. The Labute approximate surface area is 93.7 Å². The van der Waals surface area contributed by atoms with E-state index in [1.807, 2.05) is 19.2 Å². The highest BCUT2D eigenvalue weighted by atomic mass is 16.5. The predicted octanol–water partition coefficient (Wildman–Crippen LogP) is 0.415. The molecule has 16 heavy (non-hydrogen) atoms. The molecule has 1 aromatic heterocycles. The van der Waals surface area contributed by atoms with Crippen LogP contribution in [0.2, 0.25) is 0 Å². The average molecular weight is 218 g/mol. The molecule has 5 heteroatoms. The number of benzene rings is 1. The zero-order valence-electron chi connectivity index (χ0n) is 9.18. The molecular weight excluding hydrogens is 204 g/mol. The van der Waals surface area contributed by atoms with E-state index >= 15 is 0 Å². The van der Waals surface area contributed by atoms with Gasteiger partial charge in [-0.15, -0.1) is 0 Å². The summed E-state index contributed by atoms with van der Waals surface area (Å²) in [5.74, 6) is 0.601. The second-order valence-corrected chi connectivity index (χ2v) is 3.60. The van der Waals surface area contributed by atoms with Crippen LogP contribution in [-0.2, 0) is 6.42 Å². The molecule has 0 aliphatic carbocycles. The van der Waals surface area contributed by atoms with E-state index in [-0.39, 0.29) is 0 Å². The largest absolute Gasteiger partial charge is 0.594 e. The number of nitrogens with one attached hydrogen (secondary N) is 1. The SMILES string of the molecule is CNCCCc1nc2ccccc2[n+]([O-])n1. The molecule has 0 saturated heterocycles. The zero-order chi connectivity index (χ0) is 11.4. The first-order valence-corrected chi connectivity index (χ1v) is 5.31. The van der Waals surface area contributed by atoms with Gasteiger partial charge in [-0.05, 0) is 30.9 Å². The van der Waals surface area contributed by atoms with Crippen LogP contribution in [0.15, 0.2) is 24.3 Å². The summed E-state index contributed by atoms with van der Waals surface area (Å²) in [6.45, 7) is 0.898. The van der Waals surface area contributed by atoms with E-state index in [2.05, 4.69) is 15.4 Å². The second kappa shape index (κ2) is 4.85. The molecule has 0 atom stereocenters. The van der Waals surface area contributed by atoms with Gasteiger partial charge in [-0.1, -0.05) is 12.1 Å². The molecule has 0 aliphatic rings. The maximum Gasteiger partial charge on any atom is 0.270 e. The molecule has 2 rings (SSSR count). The van der Waals surface area contributed by atoms with Crippen LogP contribution in [0.3, 0.4) is 0 Å². The van der Waals surface area contributed by atoms with Crippen molar-refractivity contribution in [3.8, 4) is 0 Å². The highest BCUT2D eigenvalue weighted by Crippen LogP contribution is 2.05. The summed E-state index contributed by atoms with van der Waals surface area (Å²) in [5.41, 5.74) is 1.21. The highest BCUT2D eigenvalue weighted by Gasteiger charge is 2.09. The molecule has 0 radical (unpaired) electrons. The number of hydrogen-bond donors (Lipinski definition) is 1. The molecule has 0 amide bonds. The number of nitrogens with zero attached hydrogens (tertiary/aromatic N) is 3. The van der Waals surface area contributed by atoms with E-state index < -0.39 is 0 Å². The van der Waals surface area contributed by atoms with Gasteiger partial charge in [-0.3, -0.25) is 0 Å². The van der Waals surface area contributed by atoms with Gasteiger partial charge in [0.1, 0.15) is 5.52 Å². The number of para-hydroxylation sites is 2. The third-order valence-electron chi connectivity index (χ3n) is 2.37. The van der Waals surface area contributed by atoms with Crippen LogP contribution in [0.4, 0.5) is 0 Å². The van der Waals surface area contributed by atoms with Gasteiger partial charge in [0.25, 0.3) is 5.52 Å². The minimum absolute atomic E-state index is 0.514. The zero-order valence-corrected chi connectivity index (χ0v) is 9.18. The lowest BCUT2D eigenvalue weighted by Crippen LogP contribution is -2.34. The fourth-order valence-electron chi connectivity index (χ4n) is 1.57. The summed E-state index contributed by atoms with van der Waals surface area (Å²) >= 11 is 0. The topological polar surface area (TPSA) is 64.8 Å². The number of rotatable bonds is 4. The number of hydrogen-bond acceptors (Lipinski definition) is 4. The Hall–Kier alpha value is -1.75. The molecule has 0 saturated carbocycles. The minimum Gasteiger partial charge on any atom is -0.594 e. The van der Waals surface area contributed by atoms with Crippen molar-refractivity contribution in [3.05, 3.63) is 35.3 Å². The van der Waals surface area contributed by atoms with Gasteiger partial charge in [0.2, 0.25) is 0 Å². The van der Waals surface area contributed by atoms with Crippen LogP contribution < -0.4 is 10.2 Å². The van der Waals surface area contributed by atoms with E-state index in [9.17, 15) is 5.21 Å². The van der Waals surface area contributed by atoms with Gasteiger partial charge in [0.15, 0.2) is 5.82 Å². The molecule has 84 valence electrons. The molecule has 0 aliphatic heterocycles. The van der Waals surface area contributed by atoms with Crippen molar-refractivity contribution in [2.24, 2.45) is 0 Å². The predicted molar refractivity (Wildman–Crippen MR) is 60.7 cm³/mol. The molecule has 0 unspecified atom stereocenters. The van der Waals surface area contributed by atoms with Crippen LogP contribution in [0.5, 0.6) is 0 Å². The Morgan fingerprint density at radius 2 is 2.19 bits per heavy atom. The first-order valence-electron chi connectivity index (χ1n) is 5.31. The fraction of sp³-hybridized carbons (Fsp3) is 0.364. The minimum atomic E-state index is 0.514. The lowest BCUT2D eigenvalue weighted by molar-refractivity contribution is -0.644. The number of aromatic nitrogens is 3. The van der Waals surface area contributed by atoms with E-state index in [1.165, 1.54) is 0 Å². The summed E-state index contributed by atoms with van der Waals surface area (Å²) < 4.78 is 0. The van der Waals surface area contributed by atoms with E-state index in [0.717, 1.165) is 13.0 Å². The Bertz CT molecular complexity index is 486. The second-order valence-electron chi connectivity index (χ2n) is 3.60. The van der Waals surface area contributed by atoms with Crippen molar-refractivity contribution in [2.75, 3.05) is 13.6 Å². The highest BCUT2D eigenvalue weighted by molar-refractivity contribution is 5.70. The van der Waals surface area contributed by atoms with Gasteiger partial charge in [0, 0.05) is 17.6 Å². The summed E-state index contributed by atoms with van der Waals surface area (Å²) in [6, 6.07) is 7.22. The standard InChI is InChI=1S/C11H14N4O/c1-12-8-4-7-11-13-9-5-2-3-6-10(9)15(16)14-11/h2-3,5-6,12H,4,7-8H2,1H3. The fourth-order valence-corrected chi connectivity index (χ4v) is 1.57. The van der Waals surface area contributed by atoms with Crippen LogP contribution in [-0.4, -0.2) is 23.7 Å². The van der Waals surface area contributed by atoms with Crippen LogP contribution in [0.1, 0.15) is 12.2 Å². The van der Waals surface area contributed by atoms with Crippen molar-refractivity contribution in [1.29, 1.82) is 0 Å². The van der Waals surface area contributed by atoms with Crippen LogP contribution in [0.25, 0.3) is 11.0 Å². The molecule has 1 N–H and O–H groups in total. The molecular formula is C11H14N4O. The molecule has 2 aromatic rings. The summed E-state index contributed by atoms with van der Waals surface area (Å²) in [6.07, 6.45) is 1.64. The molecule has 1 aromatic carbocycles. The maximum absolute atomic E-state index is 11.6. The van der Waals surface area contributed by atoms with Crippen molar-refractivity contribution in [3.63, 3.8) is 0 Å². The Balaban J connectivity index is 2.27. The lowest BCUT2D eigenvalue weighted by atomic mass is 10.2.